The molecule has 2 aromatic rings. The second kappa shape index (κ2) is 5.41. The van der Waals surface area contributed by atoms with Gasteiger partial charge in [0.2, 0.25) is 0 Å². The van der Waals surface area contributed by atoms with E-state index >= 15 is 0 Å². The summed E-state index contributed by atoms with van der Waals surface area (Å²) < 4.78 is 0. The molecule has 4 nitrogen and oxygen atoms in total. The van der Waals surface area contributed by atoms with Crippen LogP contribution in [0.3, 0.4) is 0 Å². The normalized spacial score (nSPS) is 10.2. The maximum absolute atomic E-state index is 9.19. The number of nitrogens with one attached hydrogen (secondary N) is 1. The van der Waals surface area contributed by atoms with Gasteiger partial charge < -0.3 is 10.4 Å². The van der Waals surface area contributed by atoms with Crippen molar-refractivity contribution in [3.63, 3.8) is 0 Å². The molecule has 0 bridgehead atoms. The second-order valence-electron chi connectivity index (χ2n) is 3.79. The number of hydrogen-bond donors (Lipinski definition) is 2. The van der Waals surface area contributed by atoms with E-state index in [4.69, 9.17) is 0 Å². The van der Waals surface area contributed by atoms with Gasteiger partial charge in [-0.25, -0.2) is 0 Å². The van der Waals surface area contributed by atoms with Gasteiger partial charge >= 0.3 is 0 Å². The summed E-state index contributed by atoms with van der Waals surface area (Å²) in [5, 5.41) is 12.4. The van der Waals surface area contributed by atoms with Crippen molar-refractivity contribution in [3.8, 4) is 0 Å². The average Bonchev–Trinajstić information content (AvgIpc) is 2.38. The van der Waals surface area contributed by atoms with Crippen molar-refractivity contribution in [2.24, 2.45) is 0 Å². The third-order valence-electron chi connectivity index (χ3n) is 2.67. The number of nitrogens with zero attached hydrogens (tertiary/aromatic N) is 2. The molecule has 0 amide bonds. The quantitative estimate of drug-likeness (QED) is 0.840. The summed E-state index contributed by atoms with van der Waals surface area (Å²) in [5.41, 5.74) is 3.86. The van der Waals surface area contributed by atoms with Crippen LogP contribution < -0.4 is 5.32 Å². The zero-order valence-corrected chi connectivity index (χ0v) is 9.72. The summed E-state index contributed by atoms with van der Waals surface area (Å²) in [7, 11) is 0. The predicted molar refractivity (Wildman–Crippen MR) is 66.5 cm³/mol. The van der Waals surface area contributed by atoms with Crippen molar-refractivity contribution in [3.05, 3.63) is 53.6 Å². The summed E-state index contributed by atoms with van der Waals surface area (Å²) >= 11 is 0. The lowest BCUT2D eigenvalue weighted by Gasteiger charge is -2.10. The first-order valence-electron chi connectivity index (χ1n) is 5.49. The van der Waals surface area contributed by atoms with Crippen LogP contribution in [0.15, 0.2) is 36.8 Å². The molecule has 0 fully saturated rings. The minimum absolute atomic E-state index is 0.0108. The molecule has 2 N–H and O–H groups in total. The summed E-state index contributed by atoms with van der Waals surface area (Å²) in [6.45, 7) is 2.67. The number of aliphatic hydroxyl groups excluding tert-OH is 1. The van der Waals surface area contributed by atoms with E-state index in [9.17, 15) is 5.11 Å². The number of aliphatic hydroxyl groups is 1. The highest BCUT2D eigenvalue weighted by atomic mass is 16.3. The fourth-order valence-electron chi connectivity index (χ4n) is 1.62. The van der Waals surface area contributed by atoms with Crippen LogP contribution in [0.2, 0.25) is 0 Å². The van der Waals surface area contributed by atoms with Gasteiger partial charge in [0.1, 0.15) is 0 Å². The average molecular weight is 229 g/mol. The van der Waals surface area contributed by atoms with Gasteiger partial charge in [0.25, 0.3) is 0 Å². The Hall–Kier alpha value is -1.94. The molecule has 17 heavy (non-hydrogen) atoms. The molecule has 88 valence electrons. The van der Waals surface area contributed by atoms with E-state index in [0.717, 1.165) is 22.5 Å². The van der Waals surface area contributed by atoms with Gasteiger partial charge in [-0.1, -0.05) is 6.07 Å². The van der Waals surface area contributed by atoms with Gasteiger partial charge in [-0.2, -0.15) is 0 Å². The Morgan fingerprint density at radius 3 is 2.88 bits per heavy atom. The molecular formula is C13H15N3O. The van der Waals surface area contributed by atoms with E-state index in [1.807, 2.05) is 19.1 Å². The molecule has 0 spiro atoms. The van der Waals surface area contributed by atoms with Crippen LogP contribution in [0.25, 0.3) is 0 Å². The Labute approximate surface area is 100 Å². The van der Waals surface area contributed by atoms with Gasteiger partial charge in [-0.3, -0.25) is 9.97 Å². The maximum atomic E-state index is 9.19. The first-order chi connectivity index (χ1) is 8.31. The number of pyridine rings is 2. The fraction of sp³-hybridized carbons (Fsp3) is 0.231. The lowest BCUT2D eigenvalue weighted by Crippen LogP contribution is -2.05. The van der Waals surface area contributed by atoms with Crippen molar-refractivity contribution in [2.75, 3.05) is 5.32 Å². The Morgan fingerprint density at radius 2 is 2.12 bits per heavy atom. The Kier molecular flexibility index (Phi) is 3.67. The van der Waals surface area contributed by atoms with E-state index < -0.39 is 0 Å². The molecule has 0 unspecified atom stereocenters. The number of aryl methyl sites for hydroxylation is 1. The summed E-state index contributed by atoms with van der Waals surface area (Å²) in [5.74, 6) is 0. The van der Waals surface area contributed by atoms with Crippen molar-refractivity contribution < 1.29 is 5.11 Å². The lowest BCUT2D eigenvalue weighted by atomic mass is 10.2. The van der Waals surface area contributed by atoms with Crippen molar-refractivity contribution in [2.45, 2.75) is 20.1 Å². The minimum atomic E-state index is 0.0108. The van der Waals surface area contributed by atoms with E-state index in [1.165, 1.54) is 0 Å². The number of anilines is 1. The van der Waals surface area contributed by atoms with Crippen LogP contribution >= 0.6 is 0 Å². The summed E-state index contributed by atoms with van der Waals surface area (Å²) in [6, 6.07) is 5.75. The van der Waals surface area contributed by atoms with Gasteiger partial charge in [-0.05, 0) is 24.6 Å². The molecule has 2 aromatic heterocycles. The molecule has 2 rings (SSSR count). The minimum Gasteiger partial charge on any atom is -0.392 e. The molecule has 0 saturated carbocycles. The summed E-state index contributed by atoms with van der Waals surface area (Å²) in [6.07, 6.45) is 5.17. The van der Waals surface area contributed by atoms with Crippen LogP contribution in [0.1, 0.15) is 16.8 Å². The SMILES string of the molecule is Cc1ncccc1CNc1cnccc1CO. The molecule has 4 heteroatoms. The van der Waals surface area contributed by atoms with Gasteiger partial charge in [0, 0.05) is 30.2 Å². The first kappa shape index (κ1) is 11.5. The van der Waals surface area contributed by atoms with Gasteiger partial charge in [-0.15, -0.1) is 0 Å². The highest BCUT2D eigenvalue weighted by Gasteiger charge is 2.02. The van der Waals surface area contributed by atoms with E-state index in [0.29, 0.717) is 6.54 Å². The molecule has 0 radical (unpaired) electrons. The third kappa shape index (κ3) is 2.79. The Balaban J connectivity index is 2.10. The Morgan fingerprint density at radius 1 is 1.24 bits per heavy atom. The second-order valence-corrected chi connectivity index (χ2v) is 3.79. The van der Waals surface area contributed by atoms with Crippen LogP contribution in [-0.4, -0.2) is 15.1 Å². The molecule has 0 atom stereocenters. The fourth-order valence-corrected chi connectivity index (χ4v) is 1.62. The molecule has 0 aliphatic rings. The van der Waals surface area contributed by atoms with Crippen LogP contribution in [0, 0.1) is 6.92 Å². The van der Waals surface area contributed by atoms with Gasteiger partial charge in [0.05, 0.1) is 18.5 Å². The third-order valence-corrected chi connectivity index (χ3v) is 2.67. The molecule has 0 aromatic carbocycles. The standard InChI is InChI=1S/C13H15N3O/c1-10-11(3-2-5-15-10)7-16-13-8-14-6-4-12(13)9-17/h2-6,8,16-17H,7,9H2,1H3. The lowest BCUT2D eigenvalue weighted by molar-refractivity contribution is 0.282. The molecule has 0 saturated heterocycles. The maximum Gasteiger partial charge on any atom is 0.0703 e. The van der Waals surface area contributed by atoms with Crippen molar-refractivity contribution in [1.29, 1.82) is 0 Å². The van der Waals surface area contributed by atoms with E-state index in [1.54, 1.807) is 24.7 Å². The highest BCUT2D eigenvalue weighted by Crippen LogP contribution is 2.15. The Bertz CT molecular complexity index is 500. The predicted octanol–water partition coefficient (Wildman–Crippen LogP) is 1.89. The molecular weight excluding hydrogens is 214 g/mol. The van der Waals surface area contributed by atoms with Crippen LogP contribution in [0.5, 0.6) is 0 Å². The topological polar surface area (TPSA) is 58.0 Å². The molecule has 0 aliphatic carbocycles. The number of rotatable bonds is 4. The first-order valence-corrected chi connectivity index (χ1v) is 5.49. The number of aromatic nitrogens is 2. The summed E-state index contributed by atoms with van der Waals surface area (Å²) in [4.78, 5) is 8.27. The van der Waals surface area contributed by atoms with Crippen molar-refractivity contribution >= 4 is 5.69 Å². The zero-order chi connectivity index (χ0) is 12.1. The smallest absolute Gasteiger partial charge is 0.0703 e. The largest absolute Gasteiger partial charge is 0.392 e. The van der Waals surface area contributed by atoms with Crippen LogP contribution in [0.4, 0.5) is 5.69 Å². The van der Waals surface area contributed by atoms with E-state index in [-0.39, 0.29) is 6.61 Å². The highest BCUT2D eigenvalue weighted by molar-refractivity contribution is 5.49. The van der Waals surface area contributed by atoms with Crippen LogP contribution in [-0.2, 0) is 13.2 Å². The molecule has 2 heterocycles. The molecule has 0 aliphatic heterocycles. The van der Waals surface area contributed by atoms with E-state index in [2.05, 4.69) is 15.3 Å². The zero-order valence-electron chi connectivity index (χ0n) is 9.72. The monoisotopic (exact) mass is 229 g/mol. The van der Waals surface area contributed by atoms with Gasteiger partial charge in [0.15, 0.2) is 0 Å². The number of hydrogen-bond acceptors (Lipinski definition) is 4. The van der Waals surface area contributed by atoms with Crippen molar-refractivity contribution in [1.82, 2.24) is 9.97 Å².